The molecule has 5 nitrogen and oxygen atoms in total. The lowest BCUT2D eigenvalue weighted by Crippen LogP contribution is -2.67. The van der Waals surface area contributed by atoms with Gasteiger partial charge in [-0.05, 0) is 34.0 Å². The van der Waals surface area contributed by atoms with Crippen LogP contribution in [0.2, 0.25) is 5.04 Å². The summed E-state index contributed by atoms with van der Waals surface area (Å²) in [5, 5.41) is 2.71. The van der Waals surface area contributed by atoms with E-state index in [-0.39, 0.29) is 22.4 Å². The molecule has 3 aromatic rings. The maximum Gasteiger partial charge on any atom is 0.342 e. The molecule has 1 aliphatic heterocycles. The maximum atomic E-state index is 12.9. The molecule has 0 radical (unpaired) electrons. The first-order valence-electron chi connectivity index (χ1n) is 12.6. The van der Waals surface area contributed by atoms with Gasteiger partial charge >= 0.3 is 5.97 Å². The van der Waals surface area contributed by atoms with Crippen LogP contribution in [-0.4, -0.2) is 52.2 Å². The molecule has 1 heterocycles. The smallest absolute Gasteiger partial charge is 0.342 e. The number of carbonyl (C=O) groups is 1. The summed E-state index contributed by atoms with van der Waals surface area (Å²) in [5.41, 5.74) is 0.403. The van der Waals surface area contributed by atoms with Crippen LogP contribution in [0.3, 0.4) is 0 Å². The van der Waals surface area contributed by atoms with Crippen LogP contribution in [0.5, 0.6) is 11.5 Å². The molecule has 0 unspecified atom stereocenters. The molecule has 37 heavy (non-hydrogen) atoms. The van der Waals surface area contributed by atoms with E-state index in [1.54, 1.807) is 25.3 Å². The number of esters is 1. The van der Waals surface area contributed by atoms with Crippen molar-refractivity contribution in [1.82, 2.24) is 0 Å². The summed E-state index contributed by atoms with van der Waals surface area (Å²) in [5.74, 6) is 1.45. The van der Waals surface area contributed by atoms with Crippen LogP contribution in [0.15, 0.2) is 78.9 Å². The van der Waals surface area contributed by atoms with Crippen LogP contribution in [-0.2, 0) is 9.16 Å². The van der Waals surface area contributed by atoms with E-state index < -0.39 is 8.32 Å². The molecule has 196 valence electrons. The van der Waals surface area contributed by atoms with E-state index in [9.17, 15) is 4.79 Å². The molecule has 0 spiro atoms. The molecule has 0 aromatic heterocycles. The van der Waals surface area contributed by atoms with Crippen LogP contribution in [0.25, 0.3) is 0 Å². The summed E-state index contributed by atoms with van der Waals surface area (Å²) in [6.07, 6.45) is 0.588. The molecular weight excluding hydrogens is 500 g/mol. The van der Waals surface area contributed by atoms with Crippen molar-refractivity contribution in [2.75, 3.05) is 26.6 Å². The summed E-state index contributed by atoms with van der Waals surface area (Å²) in [4.78, 5) is 12.9. The molecule has 1 aliphatic rings. The summed E-state index contributed by atoms with van der Waals surface area (Å²) in [7, 11) is 0.523. The Kier molecular flexibility index (Phi) is 8.67. The summed E-state index contributed by atoms with van der Waals surface area (Å²) >= 11 is 1.81. The Labute approximate surface area is 225 Å². The van der Waals surface area contributed by atoms with Crippen molar-refractivity contribution in [2.45, 2.75) is 43.6 Å². The largest absolute Gasteiger partial charge is 0.497 e. The van der Waals surface area contributed by atoms with Gasteiger partial charge in [0.05, 0.1) is 14.2 Å². The van der Waals surface area contributed by atoms with Crippen molar-refractivity contribution in [3.8, 4) is 11.5 Å². The van der Waals surface area contributed by atoms with Gasteiger partial charge in [-0.1, -0.05) is 81.4 Å². The predicted octanol–water partition coefficient (Wildman–Crippen LogP) is 5.31. The van der Waals surface area contributed by atoms with Crippen molar-refractivity contribution < 1.29 is 23.4 Å². The number of benzene rings is 3. The van der Waals surface area contributed by atoms with Gasteiger partial charge in [-0.2, -0.15) is 11.8 Å². The zero-order valence-electron chi connectivity index (χ0n) is 22.2. The summed E-state index contributed by atoms with van der Waals surface area (Å²) in [6.45, 7) is 7.47. The number of hydrogen-bond donors (Lipinski definition) is 0. The minimum atomic E-state index is -2.59. The molecule has 0 bridgehead atoms. The molecule has 0 saturated carbocycles. The van der Waals surface area contributed by atoms with Crippen LogP contribution < -0.4 is 19.8 Å². The lowest BCUT2D eigenvalue weighted by Gasteiger charge is -2.43. The van der Waals surface area contributed by atoms with Gasteiger partial charge in [0.1, 0.15) is 23.2 Å². The minimum absolute atomic E-state index is 0.0736. The zero-order valence-corrected chi connectivity index (χ0v) is 24.0. The molecule has 4 rings (SSSR count). The molecule has 7 heteroatoms. The highest BCUT2D eigenvalue weighted by Gasteiger charge is 2.50. The average molecular weight is 537 g/mol. The van der Waals surface area contributed by atoms with E-state index in [4.69, 9.17) is 18.6 Å². The summed E-state index contributed by atoms with van der Waals surface area (Å²) in [6, 6.07) is 26.5. The van der Waals surface area contributed by atoms with Gasteiger partial charge in [0.2, 0.25) is 0 Å². The second-order valence-corrected chi connectivity index (χ2v) is 15.9. The van der Waals surface area contributed by atoms with Gasteiger partial charge in [0.15, 0.2) is 0 Å². The highest BCUT2D eigenvalue weighted by atomic mass is 32.2. The number of hydrogen-bond acceptors (Lipinski definition) is 6. The van der Waals surface area contributed by atoms with Crippen LogP contribution >= 0.6 is 11.8 Å². The number of thioether (sulfide) groups is 1. The van der Waals surface area contributed by atoms with Crippen molar-refractivity contribution >= 4 is 36.4 Å². The van der Waals surface area contributed by atoms with Gasteiger partial charge in [0, 0.05) is 23.7 Å². The Morgan fingerprint density at radius 1 is 0.919 bits per heavy atom. The van der Waals surface area contributed by atoms with Gasteiger partial charge in [0.25, 0.3) is 8.32 Å². The van der Waals surface area contributed by atoms with Crippen LogP contribution in [0.1, 0.15) is 37.6 Å². The van der Waals surface area contributed by atoms with Crippen LogP contribution in [0.4, 0.5) is 0 Å². The van der Waals surface area contributed by atoms with Crippen molar-refractivity contribution in [3.63, 3.8) is 0 Å². The lowest BCUT2D eigenvalue weighted by atomic mass is 10.2. The third-order valence-corrected chi connectivity index (χ3v) is 13.2. The highest BCUT2D eigenvalue weighted by molar-refractivity contribution is 8.00. The first-order chi connectivity index (χ1) is 17.8. The van der Waals surface area contributed by atoms with E-state index in [0.717, 1.165) is 12.2 Å². The number of carbonyl (C=O) groups excluding carboxylic acids is 1. The molecule has 2 atom stereocenters. The van der Waals surface area contributed by atoms with Gasteiger partial charge < -0.3 is 18.6 Å². The van der Waals surface area contributed by atoms with Gasteiger partial charge in [-0.3, -0.25) is 0 Å². The normalized spacial score (nSPS) is 17.9. The quantitative estimate of drug-likeness (QED) is 0.273. The zero-order chi connectivity index (χ0) is 26.5. The van der Waals surface area contributed by atoms with E-state index >= 15 is 0 Å². The molecule has 1 saturated heterocycles. The van der Waals surface area contributed by atoms with Crippen molar-refractivity contribution in [3.05, 3.63) is 84.4 Å². The monoisotopic (exact) mass is 536 g/mol. The Balaban J connectivity index is 1.49. The van der Waals surface area contributed by atoms with Gasteiger partial charge in [-0.25, -0.2) is 4.79 Å². The first-order valence-corrected chi connectivity index (χ1v) is 15.5. The van der Waals surface area contributed by atoms with Gasteiger partial charge in [-0.15, -0.1) is 0 Å². The number of rotatable bonds is 9. The number of ether oxygens (including phenoxy) is 3. The Bertz CT molecular complexity index is 1140. The van der Waals surface area contributed by atoms with E-state index in [1.165, 1.54) is 17.5 Å². The Morgan fingerprint density at radius 3 is 2.08 bits per heavy atom. The SMILES string of the molecule is COc1ccc(C(=O)O[C@H]2CS[C@H](CO[Si](c3ccccc3)(c3ccccc3)C(C)(C)C)C2)c(OC)c1. The third kappa shape index (κ3) is 5.89. The highest BCUT2D eigenvalue weighted by Crippen LogP contribution is 2.38. The topological polar surface area (TPSA) is 54.0 Å². The Hall–Kier alpha value is -2.74. The molecule has 3 aromatic carbocycles. The fourth-order valence-electron chi connectivity index (χ4n) is 5.03. The fourth-order valence-corrected chi connectivity index (χ4v) is 11.0. The molecule has 0 amide bonds. The third-order valence-electron chi connectivity index (χ3n) is 6.85. The summed E-state index contributed by atoms with van der Waals surface area (Å²) < 4.78 is 23.6. The second kappa shape index (κ2) is 11.8. The maximum absolute atomic E-state index is 12.9. The molecule has 0 aliphatic carbocycles. The van der Waals surface area contributed by atoms with Crippen LogP contribution in [0, 0.1) is 0 Å². The fraction of sp³-hybridized carbons (Fsp3) is 0.367. The molecular formula is C30H36O5SSi. The van der Waals surface area contributed by atoms with E-state index in [0.29, 0.717) is 23.7 Å². The average Bonchev–Trinajstić information content (AvgIpc) is 3.36. The predicted molar refractivity (Wildman–Crippen MR) is 153 cm³/mol. The van der Waals surface area contributed by atoms with E-state index in [2.05, 4.69) is 81.4 Å². The second-order valence-electron chi connectivity index (χ2n) is 10.3. The molecule has 1 fully saturated rings. The standard InChI is InChI=1S/C30H36O5SSi/c1-30(2,3)37(25-12-8-6-9-13-25,26-14-10-7-11-15-26)34-20-24-18-23(21-36-24)35-29(31)27-17-16-22(32-4)19-28(27)33-5/h6-17,19,23-24H,18,20-21H2,1-5H3/t23-,24+/m1/s1. The first kappa shape index (κ1) is 27.3. The van der Waals surface area contributed by atoms with E-state index in [1.807, 2.05) is 11.8 Å². The minimum Gasteiger partial charge on any atom is -0.497 e. The van der Waals surface area contributed by atoms with Crippen molar-refractivity contribution in [2.24, 2.45) is 0 Å². The Morgan fingerprint density at radius 2 is 1.54 bits per heavy atom. The number of methoxy groups -OCH3 is 2. The lowest BCUT2D eigenvalue weighted by molar-refractivity contribution is 0.0338. The van der Waals surface area contributed by atoms with Crippen molar-refractivity contribution in [1.29, 1.82) is 0 Å². The molecule has 0 N–H and O–H groups in total.